The highest BCUT2D eigenvalue weighted by atomic mass is 16.5. The van der Waals surface area contributed by atoms with Crippen molar-refractivity contribution in [1.82, 2.24) is 0 Å². The van der Waals surface area contributed by atoms with Gasteiger partial charge in [-0.05, 0) is 61.9 Å². The number of nitrogen functional groups attached to an aromatic ring is 1. The van der Waals surface area contributed by atoms with E-state index in [1.165, 1.54) is 0 Å². The van der Waals surface area contributed by atoms with Crippen molar-refractivity contribution in [3.05, 3.63) is 59.2 Å². The fraction of sp³-hybridized carbons (Fsp3) is 0.176. The largest absolute Gasteiger partial charge is 0.462 e. The summed E-state index contributed by atoms with van der Waals surface area (Å²) >= 11 is 0. The highest BCUT2D eigenvalue weighted by Crippen LogP contribution is 2.18. The molecule has 2 aromatic rings. The smallest absolute Gasteiger partial charge is 0.338 e. The zero-order valence-electron chi connectivity index (χ0n) is 12.6. The minimum Gasteiger partial charge on any atom is -0.462 e. The minimum absolute atomic E-state index is 0.247. The van der Waals surface area contributed by atoms with Crippen molar-refractivity contribution in [2.45, 2.75) is 13.8 Å². The second kappa shape index (κ2) is 6.76. The van der Waals surface area contributed by atoms with Crippen LogP contribution in [0.2, 0.25) is 0 Å². The lowest BCUT2D eigenvalue weighted by Gasteiger charge is -2.09. The van der Waals surface area contributed by atoms with Crippen LogP contribution in [-0.2, 0) is 4.74 Å². The first-order chi connectivity index (χ1) is 10.5. The lowest BCUT2D eigenvalue weighted by atomic mass is 10.1. The Hall–Kier alpha value is -2.82. The highest BCUT2D eigenvalue weighted by molar-refractivity contribution is 6.05. The molecule has 0 spiro atoms. The average Bonchev–Trinajstić information content (AvgIpc) is 2.50. The Bertz CT molecular complexity index is 694. The molecule has 22 heavy (non-hydrogen) atoms. The quantitative estimate of drug-likeness (QED) is 0.671. The molecule has 114 valence electrons. The van der Waals surface area contributed by atoms with Gasteiger partial charge in [0.05, 0.1) is 12.2 Å². The summed E-state index contributed by atoms with van der Waals surface area (Å²) < 4.78 is 4.90. The fourth-order valence-corrected chi connectivity index (χ4v) is 1.99. The van der Waals surface area contributed by atoms with Crippen LogP contribution >= 0.6 is 0 Å². The summed E-state index contributed by atoms with van der Waals surface area (Å²) in [7, 11) is 0. The van der Waals surface area contributed by atoms with Crippen molar-refractivity contribution in [3.63, 3.8) is 0 Å². The van der Waals surface area contributed by atoms with Gasteiger partial charge in [0.1, 0.15) is 0 Å². The zero-order chi connectivity index (χ0) is 16.1. The molecule has 2 rings (SSSR count). The third kappa shape index (κ3) is 3.63. The molecule has 0 fully saturated rings. The number of hydrogen-bond donors (Lipinski definition) is 2. The molecule has 0 saturated carbocycles. The number of nitrogens with two attached hydrogens (primary N) is 1. The van der Waals surface area contributed by atoms with Crippen LogP contribution in [-0.4, -0.2) is 18.5 Å². The maximum absolute atomic E-state index is 12.2. The van der Waals surface area contributed by atoms with Crippen molar-refractivity contribution >= 4 is 23.3 Å². The van der Waals surface area contributed by atoms with E-state index in [0.717, 1.165) is 5.56 Å². The Morgan fingerprint density at radius 1 is 1.09 bits per heavy atom. The molecule has 2 aromatic carbocycles. The van der Waals surface area contributed by atoms with Crippen molar-refractivity contribution < 1.29 is 14.3 Å². The van der Waals surface area contributed by atoms with Crippen molar-refractivity contribution in [2.24, 2.45) is 0 Å². The molecule has 0 atom stereocenters. The van der Waals surface area contributed by atoms with Crippen LogP contribution in [0.25, 0.3) is 0 Å². The molecular formula is C17H18N2O3. The van der Waals surface area contributed by atoms with Crippen molar-refractivity contribution in [1.29, 1.82) is 0 Å². The van der Waals surface area contributed by atoms with Crippen LogP contribution in [0.1, 0.15) is 33.2 Å². The number of ether oxygens (including phenoxy) is 1. The summed E-state index contributed by atoms with van der Waals surface area (Å²) in [4.78, 5) is 23.8. The maximum Gasteiger partial charge on any atom is 0.338 e. The monoisotopic (exact) mass is 298 g/mol. The van der Waals surface area contributed by atoms with Crippen LogP contribution in [0.15, 0.2) is 42.5 Å². The molecule has 0 unspecified atom stereocenters. The second-order valence-corrected chi connectivity index (χ2v) is 4.83. The normalized spacial score (nSPS) is 10.1. The second-order valence-electron chi connectivity index (χ2n) is 4.83. The van der Waals surface area contributed by atoms with E-state index >= 15 is 0 Å². The number of esters is 1. The van der Waals surface area contributed by atoms with Crippen LogP contribution in [0.5, 0.6) is 0 Å². The molecule has 0 saturated heterocycles. The van der Waals surface area contributed by atoms with Gasteiger partial charge in [0.25, 0.3) is 5.91 Å². The molecule has 1 amide bonds. The fourth-order valence-electron chi connectivity index (χ4n) is 1.99. The van der Waals surface area contributed by atoms with Gasteiger partial charge in [-0.2, -0.15) is 0 Å². The molecule has 0 radical (unpaired) electrons. The summed E-state index contributed by atoms with van der Waals surface area (Å²) in [5.74, 6) is -0.646. The van der Waals surface area contributed by atoms with Gasteiger partial charge in [-0.25, -0.2) is 4.79 Å². The summed E-state index contributed by atoms with van der Waals surface area (Å²) in [6.45, 7) is 3.93. The minimum atomic E-state index is -0.399. The number of rotatable bonds is 4. The molecule has 0 aliphatic carbocycles. The van der Waals surface area contributed by atoms with Crippen molar-refractivity contribution in [3.8, 4) is 0 Å². The van der Waals surface area contributed by atoms with Gasteiger partial charge in [0.2, 0.25) is 0 Å². The molecule has 0 aliphatic heterocycles. The number of amides is 1. The highest BCUT2D eigenvalue weighted by Gasteiger charge is 2.10. The number of carbonyl (C=O) groups excluding carboxylic acids is 2. The van der Waals surface area contributed by atoms with Crippen LogP contribution in [0.3, 0.4) is 0 Å². The van der Waals surface area contributed by atoms with Crippen LogP contribution < -0.4 is 11.1 Å². The number of carbonyl (C=O) groups is 2. The van der Waals surface area contributed by atoms with Gasteiger partial charge in [0, 0.05) is 16.9 Å². The predicted molar refractivity (Wildman–Crippen MR) is 85.9 cm³/mol. The van der Waals surface area contributed by atoms with Gasteiger partial charge in [-0.15, -0.1) is 0 Å². The van der Waals surface area contributed by atoms with Gasteiger partial charge in [-0.3, -0.25) is 4.79 Å². The molecule has 3 N–H and O–H groups in total. The number of nitrogens with one attached hydrogen (secondary N) is 1. The summed E-state index contributed by atoms with van der Waals surface area (Å²) in [5, 5.41) is 2.82. The van der Waals surface area contributed by atoms with Crippen LogP contribution in [0.4, 0.5) is 11.4 Å². The standard InChI is InChI=1S/C17H18N2O3/c1-3-22-17(21)13-6-4-12(5-7-13)16(20)19-15-9-8-14(18)10-11(15)2/h4-10H,3,18H2,1-2H3,(H,19,20). The van der Waals surface area contributed by atoms with Crippen molar-refractivity contribution in [2.75, 3.05) is 17.7 Å². The van der Waals surface area contributed by atoms with E-state index in [9.17, 15) is 9.59 Å². The number of aryl methyl sites for hydroxylation is 1. The van der Waals surface area contributed by atoms with E-state index in [1.54, 1.807) is 49.4 Å². The lowest BCUT2D eigenvalue weighted by molar-refractivity contribution is 0.0526. The van der Waals surface area contributed by atoms with Gasteiger partial charge in [0.15, 0.2) is 0 Å². The third-order valence-electron chi connectivity index (χ3n) is 3.16. The first-order valence-electron chi connectivity index (χ1n) is 6.96. The summed E-state index contributed by atoms with van der Waals surface area (Å²) in [5.41, 5.74) is 8.80. The number of hydrogen-bond acceptors (Lipinski definition) is 4. The Kier molecular flexibility index (Phi) is 4.78. The van der Waals surface area contributed by atoms with E-state index in [-0.39, 0.29) is 5.91 Å². The molecule has 0 aliphatic rings. The summed E-state index contributed by atoms with van der Waals surface area (Å²) in [6.07, 6.45) is 0. The molecule has 0 aromatic heterocycles. The first kappa shape index (κ1) is 15.6. The van der Waals surface area contributed by atoms with E-state index in [4.69, 9.17) is 10.5 Å². The Morgan fingerprint density at radius 2 is 1.73 bits per heavy atom. The van der Waals surface area contributed by atoms with E-state index < -0.39 is 5.97 Å². The van der Waals surface area contributed by atoms with E-state index in [1.807, 2.05) is 6.92 Å². The van der Waals surface area contributed by atoms with E-state index in [2.05, 4.69) is 5.32 Å². The van der Waals surface area contributed by atoms with Gasteiger partial charge >= 0.3 is 5.97 Å². The average molecular weight is 298 g/mol. The van der Waals surface area contributed by atoms with Crippen LogP contribution in [0, 0.1) is 6.92 Å². The van der Waals surface area contributed by atoms with Gasteiger partial charge in [-0.1, -0.05) is 0 Å². The Balaban J connectivity index is 2.11. The lowest BCUT2D eigenvalue weighted by Crippen LogP contribution is -2.13. The third-order valence-corrected chi connectivity index (χ3v) is 3.16. The first-order valence-corrected chi connectivity index (χ1v) is 6.96. The van der Waals surface area contributed by atoms with Gasteiger partial charge < -0.3 is 15.8 Å². The molecule has 5 heteroatoms. The molecule has 0 bridgehead atoms. The maximum atomic E-state index is 12.2. The zero-order valence-corrected chi connectivity index (χ0v) is 12.6. The summed E-state index contributed by atoms with van der Waals surface area (Å²) in [6, 6.07) is 11.6. The Labute approximate surface area is 129 Å². The topological polar surface area (TPSA) is 81.4 Å². The molecule has 0 heterocycles. The number of benzene rings is 2. The SMILES string of the molecule is CCOC(=O)c1ccc(C(=O)Nc2ccc(N)cc2C)cc1. The van der Waals surface area contributed by atoms with E-state index in [0.29, 0.717) is 29.1 Å². The number of anilines is 2. The predicted octanol–water partition coefficient (Wildman–Crippen LogP) is 3.01. The molecular weight excluding hydrogens is 280 g/mol. The Morgan fingerprint density at radius 3 is 2.32 bits per heavy atom. The molecule has 5 nitrogen and oxygen atoms in total.